The van der Waals surface area contributed by atoms with E-state index in [0.29, 0.717) is 0 Å². The largest absolute Gasteiger partial charge is 0.0820 e. The van der Waals surface area contributed by atoms with Crippen LogP contribution in [0.25, 0.3) is 0 Å². The summed E-state index contributed by atoms with van der Waals surface area (Å²) in [5, 5.41) is 0.863. The summed E-state index contributed by atoms with van der Waals surface area (Å²) in [5.74, 6) is 0. The zero-order valence-electron chi connectivity index (χ0n) is 4.67. The molecule has 0 radical (unpaired) electrons. The van der Waals surface area contributed by atoms with Crippen LogP contribution in [-0.2, 0) is 0 Å². The molecule has 0 aliphatic carbocycles. The van der Waals surface area contributed by atoms with E-state index in [1.54, 1.807) is 0 Å². The maximum Gasteiger partial charge on any atom is 0.0673 e. The lowest BCUT2D eigenvalue weighted by Gasteiger charge is -1.98. The van der Waals surface area contributed by atoms with Crippen molar-refractivity contribution in [1.29, 1.82) is 0 Å². The SMILES string of the molecule is Clc1c(I)cc(I)cc1I. The van der Waals surface area contributed by atoms with E-state index in [2.05, 4.69) is 79.9 Å². The predicted octanol–water partition coefficient (Wildman–Crippen LogP) is 4.15. The number of hydrogen-bond acceptors (Lipinski definition) is 0. The van der Waals surface area contributed by atoms with Gasteiger partial charge in [-0.1, -0.05) is 11.6 Å². The molecule has 0 saturated carbocycles. The highest BCUT2D eigenvalue weighted by Crippen LogP contribution is 2.26. The Bertz CT molecular complexity index is 236. The molecule has 0 bridgehead atoms. The fraction of sp³-hybridized carbons (Fsp3) is 0. The smallest absolute Gasteiger partial charge is 0.0673 e. The molecule has 0 aliphatic rings. The molecule has 0 atom stereocenters. The van der Waals surface area contributed by atoms with E-state index in [4.69, 9.17) is 11.6 Å². The molecule has 4 heteroatoms. The van der Waals surface area contributed by atoms with Crippen LogP contribution in [-0.4, -0.2) is 0 Å². The van der Waals surface area contributed by atoms with Gasteiger partial charge in [-0.2, -0.15) is 0 Å². The molecule has 10 heavy (non-hydrogen) atoms. The molecule has 1 aromatic carbocycles. The third-order valence-electron chi connectivity index (χ3n) is 0.949. The first kappa shape index (κ1) is 9.79. The maximum atomic E-state index is 5.93. The minimum atomic E-state index is 0.863. The van der Waals surface area contributed by atoms with Crippen LogP contribution in [0.4, 0.5) is 0 Å². The Morgan fingerprint density at radius 3 is 1.80 bits per heavy atom. The van der Waals surface area contributed by atoms with E-state index >= 15 is 0 Å². The third-order valence-corrected chi connectivity index (χ3v) is 4.32. The van der Waals surface area contributed by atoms with Crippen LogP contribution in [0.1, 0.15) is 0 Å². The molecule has 0 fully saturated rings. The molecule has 0 aliphatic heterocycles. The van der Waals surface area contributed by atoms with E-state index in [0.717, 1.165) is 12.2 Å². The van der Waals surface area contributed by atoms with Crippen molar-refractivity contribution in [3.05, 3.63) is 27.9 Å². The van der Waals surface area contributed by atoms with E-state index in [1.807, 2.05) is 0 Å². The molecular weight excluding hydrogens is 488 g/mol. The highest BCUT2D eigenvalue weighted by atomic mass is 127. The molecule has 0 N–H and O–H groups in total. The third kappa shape index (κ3) is 2.34. The highest BCUT2D eigenvalue weighted by Gasteiger charge is 2.01. The van der Waals surface area contributed by atoms with Gasteiger partial charge in [0.15, 0.2) is 0 Å². The summed E-state index contributed by atoms with van der Waals surface area (Å²) in [6.45, 7) is 0. The van der Waals surface area contributed by atoms with Crippen molar-refractivity contribution in [2.45, 2.75) is 0 Å². The van der Waals surface area contributed by atoms with Gasteiger partial charge < -0.3 is 0 Å². The Hall–Kier alpha value is 1.70. The molecule has 0 heterocycles. The van der Waals surface area contributed by atoms with Gasteiger partial charge in [-0.3, -0.25) is 0 Å². The maximum absolute atomic E-state index is 5.93. The molecule has 1 aromatic rings. The van der Waals surface area contributed by atoms with Gasteiger partial charge in [-0.05, 0) is 79.9 Å². The van der Waals surface area contributed by atoms with Gasteiger partial charge >= 0.3 is 0 Å². The van der Waals surface area contributed by atoms with Crippen molar-refractivity contribution in [3.63, 3.8) is 0 Å². The summed E-state index contributed by atoms with van der Waals surface area (Å²) in [6.07, 6.45) is 0. The van der Waals surface area contributed by atoms with Crippen LogP contribution < -0.4 is 0 Å². The summed E-state index contributed by atoms with van der Waals surface area (Å²) >= 11 is 12.7. The second kappa shape index (κ2) is 4.08. The minimum absolute atomic E-state index is 0.863. The number of benzene rings is 1. The Kier molecular flexibility index (Phi) is 4.00. The molecule has 0 aromatic heterocycles. The zero-order valence-corrected chi connectivity index (χ0v) is 11.9. The van der Waals surface area contributed by atoms with Crippen molar-refractivity contribution in [1.82, 2.24) is 0 Å². The molecule has 0 unspecified atom stereocenters. The van der Waals surface area contributed by atoms with Crippen molar-refractivity contribution >= 4 is 79.4 Å². The first-order valence-electron chi connectivity index (χ1n) is 2.41. The number of halogens is 4. The second-order valence-electron chi connectivity index (χ2n) is 1.68. The van der Waals surface area contributed by atoms with Crippen molar-refractivity contribution in [2.75, 3.05) is 0 Å². The fourth-order valence-corrected chi connectivity index (χ4v) is 4.22. The van der Waals surface area contributed by atoms with Gasteiger partial charge in [0.05, 0.1) is 5.02 Å². The monoisotopic (exact) mass is 490 g/mol. The first-order chi connectivity index (χ1) is 4.61. The minimum Gasteiger partial charge on any atom is -0.0820 e. The van der Waals surface area contributed by atoms with Crippen molar-refractivity contribution in [3.8, 4) is 0 Å². The summed E-state index contributed by atoms with van der Waals surface area (Å²) in [6, 6.07) is 4.12. The first-order valence-corrected chi connectivity index (χ1v) is 6.02. The van der Waals surface area contributed by atoms with Crippen LogP contribution >= 0.6 is 79.4 Å². The molecule has 0 saturated heterocycles. The molecular formula is C6H2ClI3. The van der Waals surface area contributed by atoms with Gasteiger partial charge in [0.1, 0.15) is 0 Å². The second-order valence-corrected chi connectivity index (χ2v) is 5.63. The molecule has 54 valence electrons. The summed E-state index contributed by atoms with van der Waals surface area (Å²) in [5.41, 5.74) is 0. The van der Waals surface area contributed by atoms with E-state index in [1.165, 1.54) is 3.57 Å². The average Bonchev–Trinajstić information content (AvgIpc) is 1.82. The van der Waals surface area contributed by atoms with Crippen LogP contribution in [0.15, 0.2) is 12.1 Å². The van der Waals surface area contributed by atoms with Gasteiger partial charge in [-0.25, -0.2) is 0 Å². The van der Waals surface area contributed by atoms with Gasteiger partial charge in [0, 0.05) is 10.7 Å². The van der Waals surface area contributed by atoms with Crippen molar-refractivity contribution in [2.24, 2.45) is 0 Å². The lowest BCUT2D eigenvalue weighted by Crippen LogP contribution is -1.81. The summed E-state index contributed by atoms with van der Waals surface area (Å²) < 4.78 is 3.47. The summed E-state index contributed by atoms with van der Waals surface area (Å²) in [4.78, 5) is 0. The standard InChI is InChI=1S/C6H2ClI3/c7-6-4(9)1-3(8)2-5(6)10/h1-2H. The molecule has 0 nitrogen and oxygen atoms in total. The Morgan fingerprint density at radius 1 is 1.00 bits per heavy atom. The van der Waals surface area contributed by atoms with Crippen LogP contribution in [0.5, 0.6) is 0 Å². The predicted molar refractivity (Wildman–Crippen MR) is 69.6 cm³/mol. The average molecular weight is 490 g/mol. The topological polar surface area (TPSA) is 0 Å². The molecule has 1 rings (SSSR count). The highest BCUT2D eigenvalue weighted by molar-refractivity contribution is 14.1. The normalized spacial score (nSPS) is 10.0. The quantitative estimate of drug-likeness (QED) is 0.291. The van der Waals surface area contributed by atoms with Gasteiger partial charge in [0.2, 0.25) is 0 Å². The Balaban J connectivity index is 3.31. The van der Waals surface area contributed by atoms with Crippen LogP contribution in [0.3, 0.4) is 0 Å². The fourth-order valence-electron chi connectivity index (χ4n) is 0.525. The van der Waals surface area contributed by atoms with E-state index in [9.17, 15) is 0 Å². The van der Waals surface area contributed by atoms with Crippen LogP contribution in [0.2, 0.25) is 5.02 Å². The van der Waals surface area contributed by atoms with Crippen molar-refractivity contribution < 1.29 is 0 Å². The summed E-state index contributed by atoms with van der Waals surface area (Å²) in [7, 11) is 0. The number of hydrogen-bond donors (Lipinski definition) is 0. The van der Waals surface area contributed by atoms with E-state index in [-0.39, 0.29) is 0 Å². The van der Waals surface area contributed by atoms with Gasteiger partial charge in [-0.15, -0.1) is 0 Å². The number of rotatable bonds is 0. The van der Waals surface area contributed by atoms with Gasteiger partial charge in [0.25, 0.3) is 0 Å². The molecule has 0 amide bonds. The Labute approximate surface area is 106 Å². The molecule has 0 spiro atoms. The Morgan fingerprint density at radius 2 is 1.40 bits per heavy atom. The zero-order chi connectivity index (χ0) is 7.72. The lowest BCUT2D eigenvalue weighted by atomic mass is 10.4. The van der Waals surface area contributed by atoms with E-state index < -0.39 is 0 Å². The van der Waals surface area contributed by atoms with Crippen LogP contribution in [0, 0.1) is 10.7 Å². The lowest BCUT2D eigenvalue weighted by molar-refractivity contribution is 1.54.